The number of nitrogens with two attached hydrogens (primary N) is 1. The minimum Gasteiger partial charge on any atom is -0.406 e. The number of primary amides is 1. The van der Waals surface area contributed by atoms with Crippen molar-refractivity contribution in [2.45, 2.75) is 6.36 Å². The highest BCUT2D eigenvalue weighted by molar-refractivity contribution is 5.89. The number of halogens is 3. The number of hydrogen-bond acceptors (Lipinski definition) is 4. The van der Waals surface area contributed by atoms with Crippen molar-refractivity contribution in [2.24, 2.45) is 5.73 Å². The highest BCUT2D eigenvalue weighted by Crippen LogP contribution is 2.34. The number of alkyl halides is 3. The molecule has 0 spiro atoms. The molecule has 156 valence electrons. The summed E-state index contributed by atoms with van der Waals surface area (Å²) in [5, 5.41) is 6.51. The van der Waals surface area contributed by atoms with Crippen molar-refractivity contribution in [1.29, 1.82) is 0 Å². The number of amides is 1. The number of carbonyl (C=O) groups excluding carboxylic acids is 1. The first kappa shape index (κ1) is 20.1. The Morgan fingerprint density at radius 2 is 1.52 bits per heavy atom. The van der Waals surface area contributed by atoms with Crippen molar-refractivity contribution in [2.75, 3.05) is 0 Å². The topological polar surface area (TPSA) is 93.9 Å². The van der Waals surface area contributed by atoms with Crippen LogP contribution in [0.3, 0.4) is 0 Å². The zero-order chi connectivity index (χ0) is 22.0. The van der Waals surface area contributed by atoms with Gasteiger partial charge in [-0.2, -0.15) is 5.10 Å². The molecule has 0 unspecified atom stereocenters. The summed E-state index contributed by atoms with van der Waals surface area (Å²) >= 11 is 0. The van der Waals surface area contributed by atoms with Crippen LogP contribution in [0.25, 0.3) is 33.6 Å². The smallest absolute Gasteiger partial charge is 0.406 e. The lowest BCUT2D eigenvalue weighted by atomic mass is 9.93. The molecule has 0 radical (unpaired) electrons. The van der Waals surface area contributed by atoms with Crippen molar-refractivity contribution in [1.82, 2.24) is 15.2 Å². The molecule has 9 heteroatoms. The fourth-order valence-corrected chi connectivity index (χ4v) is 3.15. The first-order chi connectivity index (χ1) is 14.8. The Hall–Kier alpha value is -4.14. The SMILES string of the molecule is NC(=O)c1nc(-c2cccc(-c3ccccc3-c3ccc(OC(F)(F)F)cc3)c2)n[nH]1. The first-order valence-corrected chi connectivity index (χ1v) is 9.08. The molecule has 4 rings (SSSR count). The van der Waals surface area contributed by atoms with Gasteiger partial charge >= 0.3 is 6.36 Å². The number of carbonyl (C=O) groups is 1. The predicted octanol–water partition coefficient (Wildman–Crippen LogP) is 4.80. The quantitative estimate of drug-likeness (QED) is 0.481. The van der Waals surface area contributed by atoms with E-state index in [2.05, 4.69) is 19.9 Å². The molecule has 1 heterocycles. The maximum Gasteiger partial charge on any atom is 0.573 e. The van der Waals surface area contributed by atoms with Gasteiger partial charge in [-0.15, -0.1) is 13.2 Å². The van der Waals surface area contributed by atoms with Crippen molar-refractivity contribution < 1.29 is 22.7 Å². The van der Waals surface area contributed by atoms with Crippen molar-refractivity contribution in [3.8, 4) is 39.4 Å². The van der Waals surface area contributed by atoms with Crippen LogP contribution >= 0.6 is 0 Å². The average molecular weight is 424 g/mol. The molecule has 3 N–H and O–H groups in total. The fraction of sp³-hybridized carbons (Fsp3) is 0.0455. The van der Waals surface area contributed by atoms with E-state index in [4.69, 9.17) is 5.73 Å². The number of benzene rings is 3. The molecule has 0 fully saturated rings. The van der Waals surface area contributed by atoms with E-state index >= 15 is 0 Å². The summed E-state index contributed by atoms with van der Waals surface area (Å²) in [6, 6.07) is 20.5. The Morgan fingerprint density at radius 3 is 2.13 bits per heavy atom. The molecule has 0 saturated carbocycles. The molecule has 0 bridgehead atoms. The van der Waals surface area contributed by atoms with Crippen LogP contribution in [-0.2, 0) is 0 Å². The third-order valence-corrected chi connectivity index (χ3v) is 4.48. The lowest BCUT2D eigenvalue weighted by Gasteiger charge is -2.12. The van der Waals surface area contributed by atoms with Gasteiger partial charge in [0.1, 0.15) is 5.75 Å². The summed E-state index contributed by atoms with van der Waals surface area (Å²) in [6.07, 6.45) is -4.74. The van der Waals surface area contributed by atoms with Gasteiger partial charge in [-0.1, -0.05) is 54.6 Å². The maximum absolute atomic E-state index is 12.4. The zero-order valence-corrected chi connectivity index (χ0v) is 15.9. The van der Waals surface area contributed by atoms with Crippen molar-refractivity contribution >= 4 is 5.91 Å². The van der Waals surface area contributed by atoms with Crippen molar-refractivity contribution in [3.63, 3.8) is 0 Å². The molecule has 4 aromatic rings. The molecular formula is C22H15F3N4O2. The van der Waals surface area contributed by atoms with Crippen LogP contribution in [0, 0.1) is 0 Å². The summed E-state index contributed by atoms with van der Waals surface area (Å²) < 4.78 is 41.2. The summed E-state index contributed by atoms with van der Waals surface area (Å²) in [4.78, 5) is 15.3. The van der Waals surface area contributed by atoms with E-state index in [1.807, 2.05) is 42.5 Å². The van der Waals surface area contributed by atoms with E-state index in [1.165, 1.54) is 12.1 Å². The normalized spacial score (nSPS) is 11.3. The molecular weight excluding hydrogens is 409 g/mol. The van der Waals surface area contributed by atoms with Crippen LogP contribution in [0.4, 0.5) is 13.2 Å². The molecule has 0 saturated heterocycles. The van der Waals surface area contributed by atoms with Crippen LogP contribution in [0.1, 0.15) is 10.6 Å². The van der Waals surface area contributed by atoms with Gasteiger partial charge in [0.05, 0.1) is 0 Å². The van der Waals surface area contributed by atoms with E-state index in [1.54, 1.807) is 18.2 Å². The summed E-state index contributed by atoms with van der Waals surface area (Å²) in [5.74, 6) is -0.715. The minimum absolute atomic E-state index is 0.0398. The molecule has 1 amide bonds. The number of nitrogens with zero attached hydrogens (tertiary/aromatic N) is 2. The second kappa shape index (κ2) is 7.94. The number of ether oxygens (including phenoxy) is 1. The number of aromatic amines is 1. The molecule has 1 aromatic heterocycles. The second-order valence-corrected chi connectivity index (χ2v) is 6.57. The molecule has 3 aromatic carbocycles. The number of rotatable bonds is 5. The minimum atomic E-state index is -4.74. The van der Waals surface area contributed by atoms with E-state index in [-0.39, 0.29) is 11.6 Å². The van der Waals surface area contributed by atoms with Gasteiger partial charge in [-0.3, -0.25) is 9.89 Å². The number of hydrogen-bond donors (Lipinski definition) is 2. The van der Waals surface area contributed by atoms with Gasteiger partial charge in [0.25, 0.3) is 5.91 Å². The number of H-pyrrole nitrogens is 1. The lowest BCUT2D eigenvalue weighted by Crippen LogP contribution is -2.16. The van der Waals surface area contributed by atoms with E-state index in [0.717, 1.165) is 22.3 Å². The van der Waals surface area contributed by atoms with Crippen molar-refractivity contribution in [3.05, 3.63) is 78.6 Å². The fourth-order valence-electron chi connectivity index (χ4n) is 3.15. The average Bonchev–Trinajstić information content (AvgIpc) is 3.24. The Kier molecular flexibility index (Phi) is 5.16. The standard InChI is InChI=1S/C22H15F3N4O2/c23-22(24,25)31-16-10-8-13(9-11-16)17-6-1-2-7-18(17)14-4-3-5-15(12-14)20-27-21(19(26)30)29-28-20/h1-12H,(H2,26,30)(H,27,28,29). The maximum atomic E-state index is 12.4. The third-order valence-electron chi connectivity index (χ3n) is 4.48. The molecule has 6 nitrogen and oxygen atoms in total. The van der Waals surface area contributed by atoms with E-state index in [0.29, 0.717) is 11.4 Å². The molecule has 0 atom stereocenters. The van der Waals surface area contributed by atoms with Crippen LogP contribution < -0.4 is 10.5 Å². The summed E-state index contributed by atoms with van der Waals surface area (Å²) in [7, 11) is 0. The van der Waals surface area contributed by atoms with Gasteiger partial charge in [-0.25, -0.2) is 4.98 Å². The highest BCUT2D eigenvalue weighted by atomic mass is 19.4. The van der Waals surface area contributed by atoms with E-state index in [9.17, 15) is 18.0 Å². The monoisotopic (exact) mass is 424 g/mol. The third kappa shape index (κ3) is 4.55. The number of nitrogens with one attached hydrogen (secondary N) is 1. The van der Waals surface area contributed by atoms with Crippen LogP contribution in [0.2, 0.25) is 0 Å². The Labute approximate surface area is 174 Å². The Bertz CT molecular complexity index is 1230. The highest BCUT2D eigenvalue weighted by Gasteiger charge is 2.31. The van der Waals surface area contributed by atoms with E-state index < -0.39 is 12.3 Å². The Balaban J connectivity index is 1.70. The van der Waals surface area contributed by atoms with Crippen LogP contribution in [0.5, 0.6) is 5.75 Å². The summed E-state index contributed by atoms with van der Waals surface area (Å²) in [5.41, 5.74) is 9.14. The Morgan fingerprint density at radius 1 is 0.871 bits per heavy atom. The molecule has 0 aliphatic rings. The molecule has 0 aliphatic carbocycles. The summed E-state index contributed by atoms with van der Waals surface area (Å²) in [6.45, 7) is 0. The van der Waals surface area contributed by atoms with Crippen LogP contribution in [-0.4, -0.2) is 27.5 Å². The number of aromatic nitrogens is 3. The lowest BCUT2D eigenvalue weighted by molar-refractivity contribution is -0.274. The van der Waals surface area contributed by atoms with Gasteiger partial charge < -0.3 is 10.5 Å². The second-order valence-electron chi connectivity index (χ2n) is 6.57. The molecule has 31 heavy (non-hydrogen) atoms. The largest absolute Gasteiger partial charge is 0.573 e. The van der Waals surface area contributed by atoms with Gasteiger partial charge in [-0.05, 0) is 40.5 Å². The van der Waals surface area contributed by atoms with Gasteiger partial charge in [0, 0.05) is 5.56 Å². The van der Waals surface area contributed by atoms with Crippen LogP contribution in [0.15, 0.2) is 72.8 Å². The van der Waals surface area contributed by atoms with Gasteiger partial charge in [0.2, 0.25) is 5.82 Å². The molecule has 0 aliphatic heterocycles. The predicted molar refractivity (Wildman–Crippen MR) is 108 cm³/mol. The first-order valence-electron chi connectivity index (χ1n) is 9.08. The zero-order valence-electron chi connectivity index (χ0n) is 15.9. The van der Waals surface area contributed by atoms with Gasteiger partial charge in [0.15, 0.2) is 5.82 Å².